The Bertz CT molecular complexity index is 826. The van der Waals surface area contributed by atoms with Crippen LogP contribution >= 0.6 is 0 Å². The molecule has 1 atom stereocenters. The number of nitrogens with one attached hydrogen (secondary N) is 1. The molecule has 6 nitrogen and oxygen atoms in total. The van der Waals surface area contributed by atoms with Gasteiger partial charge in [-0.15, -0.1) is 0 Å². The maximum absolute atomic E-state index is 12.8. The molecule has 0 bridgehead atoms. The number of amides is 2. The van der Waals surface area contributed by atoms with Crippen molar-refractivity contribution >= 4 is 23.2 Å². The van der Waals surface area contributed by atoms with E-state index < -0.39 is 0 Å². The Morgan fingerprint density at radius 3 is 2.57 bits per heavy atom. The van der Waals surface area contributed by atoms with E-state index in [1.54, 1.807) is 12.1 Å². The van der Waals surface area contributed by atoms with Gasteiger partial charge in [-0.3, -0.25) is 9.59 Å². The van der Waals surface area contributed by atoms with Crippen LogP contribution in [-0.2, 0) is 11.3 Å². The van der Waals surface area contributed by atoms with E-state index in [9.17, 15) is 9.59 Å². The first-order chi connectivity index (χ1) is 13.4. The number of rotatable bonds is 8. The van der Waals surface area contributed by atoms with Gasteiger partial charge in [0.1, 0.15) is 0 Å². The molecule has 28 heavy (non-hydrogen) atoms. The van der Waals surface area contributed by atoms with Crippen LogP contribution in [0.3, 0.4) is 0 Å². The molecule has 0 aliphatic heterocycles. The maximum atomic E-state index is 12.8. The van der Waals surface area contributed by atoms with Gasteiger partial charge in [0.25, 0.3) is 5.91 Å². The molecule has 0 spiro atoms. The smallest absolute Gasteiger partial charge is 0.291 e. The van der Waals surface area contributed by atoms with Crippen LogP contribution in [0.5, 0.6) is 0 Å². The van der Waals surface area contributed by atoms with Gasteiger partial charge >= 0.3 is 0 Å². The highest BCUT2D eigenvalue weighted by Crippen LogP contribution is 2.34. The van der Waals surface area contributed by atoms with Crippen LogP contribution in [0, 0.1) is 5.92 Å². The van der Waals surface area contributed by atoms with Crippen molar-refractivity contribution in [2.24, 2.45) is 5.92 Å². The van der Waals surface area contributed by atoms with Crippen LogP contribution in [-0.4, -0.2) is 36.9 Å². The molecule has 1 N–H and O–H groups in total. The molecule has 1 aromatic carbocycles. The third-order valence-corrected chi connectivity index (χ3v) is 5.24. The number of hydrogen-bond donors (Lipinski definition) is 1. The summed E-state index contributed by atoms with van der Waals surface area (Å²) in [6.07, 6.45) is 4.37. The van der Waals surface area contributed by atoms with Crippen molar-refractivity contribution in [1.82, 2.24) is 4.90 Å². The standard InChI is InChI=1S/C22H29N3O3/c1-5-15(2)25(22(27)16-8-9-16)14-17-13-18(10-11-19(17)24(3)4)23-21(26)20-7-6-12-28-20/h6-7,10-13,15-16H,5,8-9,14H2,1-4H3,(H,23,26)/t15-/m0/s1. The van der Waals surface area contributed by atoms with Crippen LogP contribution in [0.2, 0.25) is 0 Å². The Hall–Kier alpha value is -2.76. The van der Waals surface area contributed by atoms with Crippen LogP contribution in [0.15, 0.2) is 41.0 Å². The SMILES string of the molecule is CC[C@H](C)N(Cc1cc(NC(=O)c2ccco2)ccc1N(C)C)C(=O)C1CC1. The van der Waals surface area contributed by atoms with E-state index >= 15 is 0 Å². The minimum Gasteiger partial charge on any atom is -0.459 e. The summed E-state index contributed by atoms with van der Waals surface area (Å²) in [5, 5.41) is 2.88. The number of benzene rings is 1. The lowest BCUT2D eigenvalue weighted by Gasteiger charge is -2.31. The predicted octanol–water partition coefficient (Wildman–Crippen LogP) is 4.14. The summed E-state index contributed by atoms with van der Waals surface area (Å²) in [4.78, 5) is 29.2. The number of anilines is 2. The Morgan fingerprint density at radius 2 is 2.00 bits per heavy atom. The topological polar surface area (TPSA) is 65.8 Å². The van der Waals surface area contributed by atoms with Crippen LogP contribution in [0.4, 0.5) is 11.4 Å². The molecule has 6 heteroatoms. The molecule has 0 unspecified atom stereocenters. The Kier molecular flexibility index (Phi) is 6.07. The van der Waals surface area contributed by atoms with Gasteiger partial charge in [0.15, 0.2) is 5.76 Å². The van der Waals surface area contributed by atoms with Gasteiger partial charge in [0.05, 0.1) is 6.26 Å². The van der Waals surface area contributed by atoms with E-state index in [4.69, 9.17) is 4.42 Å². The second kappa shape index (κ2) is 8.50. The quantitative estimate of drug-likeness (QED) is 0.744. The first-order valence-corrected chi connectivity index (χ1v) is 9.86. The van der Waals surface area contributed by atoms with Gasteiger partial charge in [0, 0.05) is 44.0 Å². The van der Waals surface area contributed by atoms with E-state index in [0.29, 0.717) is 12.2 Å². The number of carbonyl (C=O) groups is 2. The molecule has 2 aromatic rings. The lowest BCUT2D eigenvalue weighted by molar-refractivity contribution is -0.135. The van der Waals surface area contributed by atoms with Gasteiger partial charge in [-0.05, 0) is 62.1 Å². The Balaban J connectivity index is 1.86. The zero-order valence-corrected chi connectivity index (χ0v) is 17.1. The lowest BCUT2D eigenvalue weighted by atomic mass is 10.1. The first kappa shape index (κ1) is 20.0. The van der Waals surface area contributed by atoms with Gasteiger partial charge in [-0.2, -0.15) is 0 Å². The fourth-order valence-corrected chi connectivity index (χ4v) is 3.25. The molecule has 2 amide bonds. The number of furan rings is 1. The predicted molar refractivity (Wildman–Crippen MR) is 110 cm³/mol. The molecule has 1 fully saturated rings. The van der Waals surface area contributed by atoms with E-state index in [-0.39, 0.29) is 29.5 Å². The summed E-state index contributed by atoms with van der Waals surface area (Å²) in [5.41, 5.74) is 2.73. The number of carbonyl (C=O) groups excluding carboxylic acids is 2. The summed E-state index contributed by atoms with van der Waals surface area (Å²) in [5.74, 6) is 0.396. The second-order valence-electron chi connectivity index (χ2n) is 7.67. The summed E-state index contributed by atoms with van der Waals surface area (Å²) in [6.45, 7) is 4.73. The molecule has 0 radical (unpaired) electrons. The van der Waals surface area contributed by atoms with Crippen molar-refractivity contribution in [1.29, 1.82) is 0 Å². The third-order valence-electron chi connectivity index (χ3n) is 5.24. The van der Waals surface area contributed by atoms with Gasteiger partial charge < -0.3 is 19.5 Å². The largest absolute Gasteiger partial charge is 0.459 e. The highest BCUT2D eigenvalue weighted by molar-refractivity contribution is 6.02. The Morgan fingerprint density at radius 1 is 1.25 bits per heavy atom. The highest BCUT2D eigenvalue weighted by atomic mass is 16.3. The summed E-state index contributed by atoms with van der Waals surface area (Å²) in [7, 11) is 3.96. The molecule has 1 heterocycles. The van der Waals surface area contributed by atoms with Crippen molar-refractivity contribution < 1.29 is 14.0 Å². The number of hydrogen-bond acceptors (Lipinski definition) is 4. The summed E-state index contributed by atoms with van der Waals surface area (Å²) in [6, 6.07) is 9.28. The molecule has 1 saturated carbocycles. The van der Waals surface area contributed by atoms with Crippen molar-refractivity contribution in [3.05, 3.63) is 47.9 Å². The molecule has 150 valence electrons. The first-order valence-electron chi connectivity index (χ1n) is 9.86. The summed E-state index contributed by atoms with van der Waals surface area (Å²) < 4.78 is 5.16. The molecule has 1 aliphatic carbocycles. The molecule has 0 saturated heterocycles. The van der Waals surface area contributed by atoms with Crippen LogP contribution in [0.25, 0.3) is 0 Å². The molecular formula is C22H29N3O3. The fraction of sp³-hybridized carbons (Fsp3) is 0.455. The van der Waals surface area contributed by atoms with Crippen molar-refractivity contribution in [2.75, 3.05) is 24.3 Å². The number of nitrogens with zero attached hydrogens (tertiary/aromatic N) is 2. The summed E-state index contributed by atoms with van der Waals surface area (Å²) >= 11 is 0. The molecule has 1 aromatic heterocycles. The average Bonchev–Trinajstić information content (AvgIpc) is 3.38. The van der Waals surface area contributed by atoms with Crippen molar-refractivity contribution in [3.63, 3.8) is 0 Å². The minimum atomic E-state index is -0.290. The fourth-order valence-electron chi connectivity index (χ4n) is 3.25. The second-order valence-corrected chi connectivity index (χ2v) is 7.67. The van der Waals surface area contributed by atoms with Crippen molar-refractivity contribution in [3.8, 4) is 0 Å². The Labute approximate surface area is 166 Å². The van der Waals surface area contributed by atoms with E-state index in [1.807, 2.05) is 42.1 Å². The van der Waals surface area contributed by atoms with Gasteiger partial charge in [0.2, 0.25) is 5.91 Å². The lowest BCUT2D eigenvalue weighted by Crippen LogP contribution is -2.39. The minimum absolute atomic E-state index is 0.171. The third kappa shape index (κ3) is 4.55. The zero-order chi connectivity index (χ0) is 20.3. The van der Waals surface area contributed by atoms with Crippen molar-refractivity contribution in [2.45, 2.75) is 45.7 Å². The molecule has 1 aliphatic rings. The van der Waals surface area contributed by atoms with E-state index in [2.05, 4.69) is 19.2 Å². The zero-order valence-electron chi connectivity index (χ0n) is 17.1. The molecule has 3 rings (SSSR count). The molecular weight excluding hydrogens is 354 g/mol. The van der Waals surface area contributed by atoms with Gasteiger partial charge in [-0.1, -0.05) is 6.92 Å². The van der Waals surface area contributed by atoms with Crippen LogP contribution in [0.1, 0.15) is 49.2 Å². The van der Waals surface area contributed by atoms with E-state index in [0.717, 1.165) is 30.5 Å². The van der Waals surface area contributed by atoms with Gasteiger partial charge in [-0.25, -0.2) is 0 Å². The monoisotopic (exact) mass is 383 g/mol. The maximum Gasteiger partial charge on any atom is 0.291 e. The average molecular weight is 383 g/mol. The highest BCUT2D eigenvalue weighted by Gasteiger charge is 2.35. The van der Waals surface area contributed by atoms with E-state index in [1.165, 1.54) is 6.26 Å². The van der Waals surface area contributed by atoms with Crippen LogP contribution < -0.4 is 10.2 Å². The normalized spacial score (nSPS) is 14.4.